The zero-order valence-electron chi connectivity index (χ0n) is 11.4. The third-order valence-corrected chi connectivity index (χ3v) is 3.86. The summed E-state index contributed by atoms with van der Waals surface area (Å²) >= 11 is 1.62. The molecule has 0 spiro atoms. The number of benzene rings is 1. The first-order chi connectivity index (χ1) is 8.49. The van der Waals surface area contributed by atoms with Crippen LogP contribution in [0.1, 0.15) is 19.4 Å². The highest BCUT2D eigenvalue weighted by atomic mass is 32.2. The Kier molecular flexibility index (Phi) is 5.54. The van der Waals surface area contributed by atoms with Crippen LogP contribution < -0.4 is 5.73 Å². The summed E-state index contributed by atoms with van der Waals surface area (Å²) in [6.45, 7) is 4.07. The topological polar surface area (TPSA) is 52.3 Å². The highest BCUT2D eigenvalue weighted by Gasteiger charge is 2.23. The van der Waals surface area contributed by atoms with Crippen LogP contribution >= 0.6 is 11.8 Å². The summed E-state index contributed by atoms with van der Waals surface area (Å²) in [5.41, 5.74) is 7.77. The van der Waals surface area contributed by atoms with Crippen molar-refractivity contribution in [2.75, 3.05) is 19.1 Å². The Balaban J connectivity index is 2.90. The van der Waals surface area contributed by atoms with E-state index in [9.17, 15) is 4.79 Å². The molecule has 1 rings (SSSR count). The second kappa shape index (κ2) is 6.69. The number of carbonyl (C=O) groups excluding carboxylic acids is 1. The largest absolute Gasteiger partial charge is 0.469 e. The van der Waals surface area contributed by atoms with Crippen molar-refractivity contribution in [2.45, 2.75) is 25.2 Å². The number of anilines is 1. The van der Waals surface area contributed by atoms with E-state index in [4.69, 9.17) is 10.5 Å². The minimum absolute atomic E-state index is 0.103. The third kappa shape index (κ3) is 3.67. The summed E-state index contributed by atoms with van der Waals surface area (Å²) in [5, 5.41) is 0. The number of thioether (sulfide) groups is 1. The molecular formula is C14H21NO2S. The number of nitrogens with two attached hydrogens (primary N) is 1. The van der Waals surface area contributed by atoms with Crippen LogP contribution in [0.25, 0.3) is 0 Å². The molecule has 0 saturated heterocycles. The van der Waals surface area contributed by atoms with Gasteiger partial charge in [0.1, 0.15) is 0 Å². The molecule has 0 aliphatic rings. The number of methoxy groups -OCH3 is 1. The summed E-state index contributed by atoms with van der Waals surface area (Å²) < 4.78 is 4.86. The van der Waals surface area contributed by atoms with Crippen LogP contribution in [-0.2, 0) is 16.0 Å². The lowest BCUT2D eigenvalue weighted by atomic mass is 9.89. The molecule has 3 nitrogen and oxygen atoms in total. The maximum absolute atomic E-state index is 11.7. The number of esters is 1. The van der Waals surface area contributed by atoms with E-state index in [0.717, 1.165) is 16.1 Å². The molecular weight excluding hydrogens is 246 g/mol. The fourth-order valence-corrected chi connectivity index (χ4v) is 2.45. The normalized spacial score (nSPS) is 12.5. The Morgan fingerprint density at radius 1 is 1.44 bits per heavy atom. The standard InChI is InChI=1S/C14H21NO2S/c1-9(2)11(14(16)17-3)7-10-5-6-12(15)13(8-10)18-4/h5-6,8-9,11H,7,15H2,1-4H3. The SMILES string of the molecule is COC(=O)C(Cc1ccc(N)c(SC)c1)C(C)C. The van der Waals surface area contributed by atoms with Crippen LogP contribution in [-0.4, -0.2) is 19.3 Å². The smallest absolute Gasteiger partial charge is 0.309 e. The van der Waals surface area contributed by atoms with Crippen molar-refractivity contribution in [1.29, 1.82) is 0 Å². The Morgan fingerprint density at radius 2 is 2.11 bits per heavy atom. The third-order valence-electron chi connectivity index (χ3n) is 3.06. The van der Waals surface area contributed by atoms with Crippen molar-refractivity contribution in [3.05, 3.63) is 23.8 Å². The molecule has 0 amide bonds. The quantitative estimate of drug-likeness (QED) is 0.506. The number of ether oxygens (including phenoxy) is 1. The lowest BCUT2D eigenvalue weighted by Crippen LogP contribution is -2.24. The van der Waals surface area contributed by atoms with Crippen LogP contribution in [0.5, 0.6) is 0 Å². The summed E-state index contributed by atoms with van der Waals surface area (Å²) in [5.74, 6) is 0.00795. The molecule has 0 fully saturated rings. The predicted octanol–water partition coefficient (Wildman–Crippen LogP) is 2.98. The predicted molar refractivity (Wildman–Crippen MR) is 76.7 cm³/mol. The van der Waals surface area contributed by atoms with Gasteiger partial charge in [-0.15, -0.1) is 11.8 Å². The molecule has 0 aromatic heterocycles. The monoisotopic (exact) mass is 267 g/mol. The molecule has 100 valence electrons. The minimum atomic E-state index is -0.146. The Bertz CT molecular complexity index is 418. The van der Waals surface area contributed by atoms with Crippen LogP contribution in [0.15, 0.2) is 23.1 Å². The molecule has 0 heterocycles. The van der Waals surface area contributed by atoms with Crippen LogP contribution in [0.2, 0.25) is 0 Å². The first-order valence-corrected chi connectivity index (χ1v) is 7.22. The lowest BCUT2D eigenvalue weighted by Gasteiger charge is -2.18. The van der Waals surface area contributed by atoms with Gasteiger partial charge in [0.05, 0.1) is 13.0 Å². The van der Waals surface area contributed by atoms with Crippen LogP contribution in [0, 0.1) is 11.8 Å². The summed E-state index contributed by atoms with van der Waals surface area (Å²) in [6.07, 6.45) is 2.69. The zero-order chi connectivity index (χ0) is 13.7. The van der Waals surface area contributed by atoms with E-state index in [1.54, 1.807) is 11.8 Å². The minimum Gasteiger partial charge on any atom is -0.469 e. The van der Waals surface area contributed by atoms with Gasteiger partial charge in [0.15, 0.2) is 0 Å². The molecule has 18 heavy (non-hydrogen) atoms. The van der Waals surface area contributed by atoms with Gasteiger partial charge in [0, 0.05) is 10.6 Å². The molecule has 0 aliphatic heterocycles. The van der Waals surface area contributed by atoms with Gasteiger partial charge in [-0.2, -0.15) is 0 Å². The Labute approximate surface area is 113 Å². The van der Waals surface area contributed by atoms with E-state index < -0.39 is 0 Å². The highest BCUT2D eigenvalue weighted by molar-refractivity contribution is 7.98. The highest BCUT2D eigenvalue weighted by Crippen LogP contribution is 2.26. The lowest BCUT2D eigenvalue weighted by molar-refractivity contribution is -0.146. The molecule has 1 aromatic rings. The molecule has 1 atom stereocenters. The average Bonchev–Trinajstić information content (AvgIpc) is 2.36. The van der Waals surface area contributed by atoms with E-state index in [1.807, 2.05) is 32.2 Å². The molecule has 1 aromatic carbocycles. The molecule has 0 saturated carbocycles. The van der Waals surface area contributed by atoms with E-state index in [-0.39, 0.29) is 17.8 Å². The molecule has 4 heteroatoms. The second-order valence-electron chi connectivity index (χ2n) is 4.65. The van der Waals surface area contributed by atoms with Gasteiger partial charge in [-0.05, 0) is 36.3 Å². The summed E-state index contributed by atoms with van der Waals surface area (Å²) in [4.78, 5) is 12.8. The van der Waals surface area contributed by atoms with Crippen molar-refractivity contribution in [1.82, 2.24) is 0 Å². The number of rotatable bonds is 5. The van der Waals surface area contributed by atoms with Crippen molar-refractivity contribution >= 4 is 23.4 Å². The first-order valence-electron chi connectivity index (χ1n) is 5.99. The number of carbonyl (C=O) groups is 1. The molecule has 0 radical (unpaired) electrons. The van der Waals surface area contributed by atoms with Gasteiger partial charge in [0.25, 0.3) is 0 Å². The number of hydrogen-bond acceptors (Lipinski definition) is 4. The van der Waals surface area contributed by atoms with E-state index in [1.165, 1.54) is 7.11 Å². The van der Waals surface area contributed by atoms with Crippen LogP contribution in [0.3, 0.4) is 0 Å². The van der Waals surface area contributed by atoms with Gasteiger partial charge in [0.2, 0.25) is 0 Å². The number of nitrogen functional groups attached to an aromatic ring is 1. The van der Waals surface area contributed by atoms with Crippen LogP contribution in [0.4, 0.5) is 5.69 Å². The van der Waals surface area contributed by atoms with Gasteiger partial charge < -0.3 is 10.5 Å². The Morgan fingerprint density at radius 3 is 2.61 bits per heavy atom. The zero-order valence-corrected chi connectivity index (χ0v) is 12.2. The maximum atomic E-state index is 11.7. The van der Waals surface area contributed by atoms with Crippen molar-refractivity contribution in [2.24, 2.45) is 11.8 Å². The average molecular weight is 267 g/mol. The second-order valence-corrected chi connectivity index (χ2v) is 5.50. The molecule has 1 unspecified atom stereocenters. The molecule has 0 aliphatic carbocycles. The van der Waals surface area contributed by atoms with E-state index in [0.29, 0.717) is 6.42 Å². The maximum Gasteiger partial charge on any atom is 0.309 e. The van der Waals surface area contributed by atoms with Gasteiger partial charge in [-0.25, -0.2) is 0 Å². The van der Waals surface area contributed by atoms with Crippen molar-refractivity contribution in [3.8, 4) is 0 Å². The van der Waals surface area contributed by atoms with Gasteiger partial charge >= 0.3 is 5.97 Å². The van der Waals surface area contributed by atoms with Crippen molar-refractivity contribution < 1.29 is 9.53 Å². The fraction of sp³-hybridized carbons (Fsp3) is 0.500. The summed E-state index contributed by atoms with van der Waals surface area (Å²) in [6, 6.07) is 5.93. The van der Waals surface area contributed by atoms with Gasteiger partial charge in [-0.3, -0.25) is 4.79 Å². The molecule has 0 bridgehead atoms. The summed E-state index contributed by atoms with van der Waals surface area (Å²) in [7, 11) is 1.44. The first kappa shape index (κ1) is 14.9. The van der Waals surface area contributed by atoms with E-state index >= 15 is 0 Å². The Hall–Kier alpha value is -1.16. The fourth-order valence-electron chi connectivity index (χ4n) is 1.88. The van der Waals surface area contributed by atoms with Crippen molar-refractivity contribution in [3.63, 3.8) is 0 Å². The number of hydrogen-bond donors (Lipinski definition) is 1. The van der Waals surface area contributed by atoms with Gasteiger partial charge in [-0.1, -0.05) is 19.9 Å². The van der Waals surface area contributed by atoms with E-state index in [2.05, 4.69) is 6.07 Å². The molecule has 2 N–H and O–H groups in total.